The summed E-state index contributed by atoms with van der Waals surface area (Å²) in [6.07, 6.45) is 11.6. The minimum Gasteiger partial charge on any atom is -0.337 e. The first-order valence-corrected chi connectivity index (χ1v) is 11.2. The van der Waals surface area contributed by atoms with Crippen molar-refractivity contribution in [1.29, 1.82) is 0 Å². The van der Waals surface area contributed by atoms with E-state index in [1.165, 1.54) is 32.1 Å². The van der Waals surface area contributed by atoms with Crippen LogP contribution in [0, 0.1) is 5.92 Å². The van der Waals surface area contributed by atoms with Crippen molar-refractivity contribution in [3.63, 3.8) is 0 Å². The molecule has 2 aliphatic heterocycles. The molecule has 0 bridgehead atoms. The van der Waals surface area contributed by atoms with E-state index in [0.29, 0.717) is 24.9 Å². The van der Waals surface area contributed by atoms with Crippen molar-refractivity contribution in [3.8, 4) is 0 Å². The number of nitrogens with one attached hydrogen (secondary N) is 1. The number of aromatic nitrogens is 5. The van der Waals surface area contributed by atoms with Crippen LogP contribution in [-0.2, 0) is 17.8 Å². The van der Waals surface area contributed by atoms with Crippen LogP contribution >= 0.6 is 0 Å². The molecule has 4 heterocycles. The number of hydrogen-bond donors (Lipinski definition) is 1. The van der Waals surface area contributed by atoms with Gasteiger partial charge in [0, 0.05) is 26.1 Å². The van der Waals surface area contributed by atoms with Crippen LogP contribution in [-0.4, -0.2) is 49.4 Å². The molecule has 9 nitrogen and oxygen atoms in total. The lowest BCUT2D eigenvalue weighted by molar-refractivity contribution is -0.120. The molecule has 2 aromatic heterocycles. The molecule has 2 atom stereocenters. The van der Waals surface area contributed by atoms with Crippen LogP contribution in [0.25, 0.3) is 0 Å². The predicted octanol–water partition coefficient (Wildman–Crippen LogP) is 2.10. The molecule has 3 aliphatic rings. The second-order valence-corrected chi connectivity index (χ2v) is 8.78. The van der Waals surface area contributed by atoms with Crippen molar-refractivity contribution in [2.75, 3.05) is 11.9 Å². The van der Waals surface area contributed by atoms with Gasteiger partial charge >= 0.3 is 0 Å². The number of amides is 2. The summed E-state index contributed by atoms with van der Waals surface area (Å²) in [6, 6.07) is 1.54. The Balaban J connectivity index is 1.32. The first-order chi connectivity index (χ1) is 14.6. The van der Waals surface area contributed by atoms with Crippen LogP contribution in [0.15, 0.2) is 12.3 Å². The van der Waals surface area contributed by atoms with Crippen LogP contribution in [0.5, 0.6) is 0 Å². The van der Waals surface area contributed by atoms with Crippen molar-refractivity contribution < 1.29 is 9.59 Å². The maximum Gasteiger partial charge on any atom is 0.291 e. The van der Waals surface area contributed by atoms with E-state index in [0.717, 1.165) is 30.9 Å². The van der Waals surface area contributed by atoms with E-state index in [9.17, 15) is 9.59 Å². The van der Waals surface area contributed by atoms with Crippen molar-refractivity contribution in [3.05, 3.63) is 23.9 Å². The molecule has 1 saturated carbocycles. The summed E-state index contributed by atoms with van der Waals surface area (Å²) in [5.41, 5.74) is 0. The Morgan fingerprint density at radius 3 is 2.80 bits per heavy atom. The molecule has 1 aliphatic carbocycles. The van der Waals surface area contributed by atoms with Gasteiger partial charge in [-0.1, -0.05) is 19.3 Å². The monoisotopic (exact) mass is 411 g/mol. The van der Waals surface area contributed by atoms with Crippen molar-refractivity contribution in [1.82, 2.24) is 29.9 Å². The summed E-state index contributed by atoms with van der Waals surface area (Å²) >= 11 is 0. The summed E-state index contributed by atoms with van der Waals surface area (Å²) in [5.74, 6) is 1.95. The quantitative estimate of drug-likeness (QED) is 0.834. The first kappa shape index (κ1) is 19.3. The van der Waals surface area contributed by atoms with E-state index >= 15 is 0 Å². The van der Waals surface area contributed by atoms with Gasteiger partial charge in [-0.3, -0.25) is 14.5 Å². The molecule has 5 rings (SSSR count). The van der Waals surface area contributed by atoms with Gasteiger partial charge in [0.1, 0.15) is 17.7 Å². The summed E-state index contributed by atoms with van der Waals surface area (Å²) in [6.45, 7) is 0.570. The third-order valence-electron chi connectivity index (χ3n) is 6.91. The summed E-state index contributed by atoms with van der Waals surface area (Å²) in [7, 11) is 1.71. The molecule has 9 heteroatoms. The SMILES string of the molecule is CN1C(=O)C(NC(=O)c2nc3n(n2)C(C2CCCCC2)CCC3)CCn2nccc21. The molecule has 2 amide bonds. The average Bonchev–Trinajstić information content (AvgIpc) is 3.40. The second kappa shape index (κ2) is 7.85. The maximum atomic E-state index is 12.9. The zero-order valence-electron chi connectivity index (χ0n) is 17.5. The molecule has 160 valence electrons. The topological polar surface area (TPSA) is 97.9 Å². The number of carbonyl (C=O) groups excluding carboxylic acids is 2. The number of nitrogens with zero attached hydrogens (tertiary/aromatic N) is 6. The normalized spacial score (nSPS) is 24.8. The van der Waals surface area contributed by atoms with E-state index in [1.807, 2.05) is 4.68 Å². The Kier molecular flexibility index (Phi) is 5.04. The fraction of sp³-hybridized carbons (Fsp3) is 0.667. The Morgan fingerprint density at radius 2 is 1.97 bits per heavy atom. The Hall–Kier alpha value is -2.71. The van der Waals surface area contributed by atoms with Gasteiger partial charge in [-0.25, -0.2) is 14.3 Å². The molecule has 2 unspecified atom stereocenters. The van der Waals surface area contributed by atoms with Crippen LogP contribution in [0.4, 0.5) is 5.82 Å². The number of rotatable bonds is 3. The molecule has 30 heavy (non-hydrogen) atoms. The van der Waals surface area contributed by atoms with Gasteiger partial charge in [0.15, 0.2) is 0 Å². The van der Waals surface area contributed by atoms with Crippen LogP contribution in [0.2, 0.25) is 0 Å². The van der Waals surface area contributed by atoms with Crippen molar-refractivity contribution in [2.24, 2.45) is 5.92 Å². The van der Waals surface area contributed by atoms with Crippen LogP contribution in [0.3, 0.4) is 0 Å². The number of likely N-dealkylation sites (N-methyl/N-ethyl adjacent to an activating group) is 1. The summed E-state index contributed by atoms with van der Waals surface area (Å²) < 4.78 is 3.80. The van der Waals surface area contributed by atoms with Crippen molar-refractivity contribution in [2.45, 2.75) is 76.4 Å². The van der Waals surface area contributed by atoms with Gasteiger partial charge in [0.2, 0.25) is 5.82 Å². The van der Waals surface area contributed by atoms with E-state index in [4.69, 9.17) is 0 Å². The molecule has 0 spiro atoms. The van der Waals surface area contributed by atoms with Gasteiger partial charge in [-0.05, 0) is 38.0 Å². The number of aryl methyl sites for hydroxylation is 2. The average molecular weight is 412 g/mol. The van der Waals surface area contributed by atoms with E-state index < -0.39 is 6.04 Å². The molecule has 1 N–H and O–H groups in total. The molecule has 2 aromatic rings. The first-order valence-electron chi connectivity index (χ1n) is 11.2. The third kappa shape index (κ3) is 3.40. The standard InChI is InChI=1S/C21H29N7O2/c1-26-18-10-12-22-27(18)13-11-15(21(26)30)23-20(29)19-24-17-9-5-8-16(28(17)25-19)14-6-3-2-4-7-14/h10,12,14-16H,2-9,11,13H2,1H3,(H,23,29). The lowest BCUT2D eigenvalue weighted by Crippen LogP contribution is -2.47. The number of carbonyl (C=O) groups is 2. The minimum absolute atomic E-state index is 0.147. The highest BCUT2D eigenvalue weighted by atomic mass is 16.2. The molecular formula is C21H29N7O2. The Morgan fingerprint density at radius 1 is 1.13 bits per heavy atom. The number of fused-ring (bicyclic) bond motifs is 2. The van der Waals surface area contributed by atoms with Gasteiger partial charge in [0.05, 0.1) is 12.2 Å². The van der Waals surface area contributed by atoms with Gasteiger partial charge in [0.25, 0.3) is 11.8 Å². The molecule has 1 fully saturated rings. The highest BCUT2D eigenvalue weighted by Gasteiger charge is 2.34. The van der Waals surface area contributed by atoms with E-state index in [-0.39, 0.29) is 17.6 Å². The lowest BCUT2D eigenvalue weighted by Gasteiger charge is -2.33. The zero-order valence-corrected chi connectivity index (χ0v) is 17.5. The second-order valence-electron chi connectivity index (χ2n) is 8.78. The zero-order chi connectivity index (χ0) is 20.7. The highest BCUT2D eigenvalue weighted by molar-refractivity contribution is 6.00. The fourth-order valence-electron chi connectivity index (χ4n) is 5.29. The van der Waals surface area contributed by atoms with Gasteiger partial charge in [-0.15, -0.1) is 5.10 Å². The third-order valence-corrected chi connectivity index (χ3v) is 6.91. The summed E-state index contributed by atoms with van der Waals surface area (Å²) in [4.78, 5) is 31.9. The highest BCUT2D eigenvalue weighted by Crippen LogP contribution is 2.38. The molecule has 0 saturated heterocycles. The van der Waals surface area contributed by atoms with Crippen molar-refractivity contribution >= 4 is 17.6 Å². The van der Waals surface area contributed by atoms with Gasteiger partial charge < -0.3 is 5.32 Å². The molecule has 0 radical (unpaired) electrons. The predicted molar refractivity (Wildman–Crippen MR) is 110 cm³/mol. The lowest BCUT2D eigenvalue weighted by atomic mass is 9.81. The Labute approximate surface area is 175 Å². The van der Waals surface area contributed by atoms with Crippen LogP contribution < -0.4 is 10.2 Å². The number of hydrogen-bond acceptors (Lipinski definition) is 5. The smallest absolute Gasteiger partial charge is 0.291 e. The fourth-order valence-corrected chi connectivity index (χ4v) is 5.29. The maximum absolute atomic E-state index is 12.9. The number of anilines is 1. The Bertz CT molecular complexity index is 943. The molecular weight excluding hydrogens is 382 g/mol. The van der Waals surface area contributed by atoms with E-state index in [2.05, 4.69) is 20.5 Å². The minimum atomic E-state index is -0.612. The largest absolute Gasteiger partial charge is 0.337 e. The van der Waals surface area contributed by atoms with Gasteiger partial charge in [-0.2, -0.15) is 5.10 Å². The van der Waals surface area contributed by atoms with Crippen LogP contribution in [0.1, 0.15) is 73.9 Å². The van der Waals surface area contributed by atoms with E-state index in [1.54, 1.807) is 28.9 Å². The molecule has 0 aromatic carbocycles. The summed E-state index contributed by atoms with van der Waals surface area (Å²) in [5, 5.41) is 11.7.